The predicted octanol–water partition coefficient (Wildman–Crippen LogP) is 2.78. The molecule has 1 saturated heterocycles. The summed E-state index contributed by atoms with van der Waals surface area (Å²) in [5.74, 6) is 0.376. The minimum atomic E-state index is -3.87. The van der Waals surface area contributed by atoms with E-state index in [0.29, 0.717) is 19.6 Å². The van der Waals surface area contributed by atoms with Gasteiger partial charge >= 0.3 is 0 Å². The van der Waals surface area contributed by atoms with Crippen molar-refractivity contribution in [2.45, 2.75) is 30.3 Å². The van der Waals surface area contributed by atoms with Crippen molar-refractivity contribution in [1.82, 2.24) is 10.0 Å². The van der Waals surface area contributed by atoms with E-state index in [9.17, 15) is 13.2 Å². The lowest BCUT2D eigenvalue weighted by molar-refractivity contribution is 0.0953. The number of halogens is 1. The SMILES string of the molecule is COc1ccccc1CCNC(=O)c1ccc(Cl)c(S(=O)(=O)NCC2CCCO2)c1. The van der Waals surface area contributed by atoms with Crippen molar-refractivity contribution >= 4 is 27.5 Å². The summed E-state index contributed by atoms with van der Waals surface area (Å²) in [4.78, 5) is 12.4. The second-order valence-corrected chi connectivity index (χ2v) is 9.09. The topological polar surface area (TPSA) is 93.7 Å². The first-order chi connectivity index (χ1) is 14.4. The predicted molar refractivity (Wildman–Crippen MR) is 115 cm³/mol. The monoisotopic (exact) mass is 452 g/mol. The van der Waals surface area contributed by atoms with E-state index in [2.05, 4.69) is 10.0 Å². The average Bonchev–Trinajstić information content (AvgIpc) is 3.26. The van der Waals surface area contributed by atoms with Crippen LogP contribution in [0, 0.1) is 0 Å². The van der Waals surface area contributed by atoms with Crippen molar-refractivity contribution in [2.75, 3.05) is 26.8 Å². The number of nitrogens with one attached hydrogen (secondary N) is 2. The second kappa shape index (κ2) is 10.3. The average molecular weight is 453 g/mol. The number of methoxy groups -OCH3 is 1. The van der Waals surface area contributed by atoms with Gasteiger partial charge in [-0.3, -0.25) is 4.79 Å². The minimum absolute atomic E-state index is 0.0559. The Morgan fingerprint density at radius 1 is 1.27 bits per heavy atom. The highest BCUT2D eigenvalue weighted by molar-refractivity contribution is 7.89. The zero-order chi connectivity index (χ0) is 21.6. The zero-order valence-corrected chi connectivity index (χ0v) is 18.3. The summed E-state index contributed by atoms with van der Waals surface area (Å²) in [7, 11) is -2.27. The molecule has 1 heterocycles. The molecular formula is C21H25ClN2O5S. The third-order valence-electron chi connectivity index (χ3n) is 4.88. The molecule has 9 heteroatoms. The maximum Gasteiger partial charge on any atom is 0.251 e. The maximum atomic E-state index is 12.7. The van der Waals surface area contributed by atoms with Crippen LogP contribution in [0.25, 0.3) is 0 Å². The molecule has 3 rings (SSSR count). The first-order valence-electron chi connectivity index (χ1n) is 9.71. The van der Waals surface area contributed by atoms with Crippen molar-refractivity contribution in [3.8, 4) is 5.75 Å². The van der Waals surface area contributed by atoms with Crippen molar-refractivity contribution < 1.29 is 22.7 Å². The van der Waals surface area contributed by atoms with E-state index in [0.717, 1.165) is 24.2 Å². The number of hydrogen-bond donors (Lipinski definition) is 2. The van der Waals surface area contributed by atoms with Gasteiger partial charge in [-0.15, -0.1) is 0 Å². The van der Waals surface area contributed by atoms with E-state index in [4.69, 9.17) is 21.1 Å². The van der Waals surface area contributed by atoms with Gasteiger partial charge in [0.1, 0.15) is 10.6 Å². The second-order valence-electron chi connectivity index (χ2n) is 6.95. The van der Waals surface area contributed by atoms with Gasteiger partial charge in [-0.05, 0) is 49.1 Å². The van der Waals surface area contributed by atoms with Crippen LogP contribution >= 0.6 is 11.6 Å². The number of rotatable bonds is 9. The first-order valence-corrected chi connectivity index (χ1v) is 11.6. The molecule has 7 nitrogen and oxygen atoms in total. The van der Waals surface area contributed by atoms with Crippen LogP contribution < -0.4 is 14.8 Å². The fourth-order valence-corrected chi connectivity index (χ4v) is 4.85. The van der Waals surface area contributed by atoms with E-state index in [1.807, 2.05) is 24.3 Å². The van der Waals surface area contributed by atoms with Crippen LogP contribution in [-0.2, 0) is 21.2 Å². The molecule has 1 amide bonds. The highest BCUT2D eigenvalue weighted by atomic mass is 35.5. The van der Waals surface area contributed by atoms with Crippen molar-refractivity contribution in [3.05, 3.63) is 58.6 Å². The quantitative estimate of drug-likeness (QED) is 0.610. The van der Waals surface area contributed by atoms with Gasteiger partial charge in [0.05, 0.1) is 18.2 Å². The smallest absolute Gasteiger partial charge is 0.251 e. The Balaban J connectivity index is 1.63. The normalized spacial score (nSPS) is 16.4. The molecule has 1 aliphatic rings. The van der Waals surface area contributed by atoms with Crippen molar-refractivity contribution in [1.29, 1.82) is 0 Å². The van der Waals surface area contributed by atoms with Crippen LogP contribution in [-0.4, -0.2) is 47.2 Å². The summed E-state index contributed by atoms with van der Waals surface area (Å²) >= 11 is 6.10. The van der Waals surface area contributed by atoms with Gasteiger partial charge in [-0.25, -0.2) is 13.1 Å². The Kier molecular flexibility index (Phi) is 7.71. The third kappa shape index (κ3) is 5.72. The van der Waals surface area contributed by atoms with Gasteiger partial charge in [-0.1, -0.05) is 29.8 Å². The largest absolute Gasteiger partial charge is 0.496 e. The van der Waals surface area contributed by atoms with Crippen LogP contribution in [0.2, 0.25) is 5.02 Å². The minimum Gasteiger partial charge on any atom is -0.496 e. The van der Waals surface area contributed by atoms with E-state index in [1.54, 1.807) is 7.11 Å². The molecule has 30 heavy (non-hydrogen) atoms. The van der Waals surface area contributed by atoms with Gasteiger partial charge in [0.2, 0.25) is 10.0 Å². The molecule has 1 unspecified atom stereocenters. The molecular weight excluding hydrogens is 428 g/mol. The molecule has 1 aliphatic heterocycles. The van der Waals surface area contributed by atoms with E-state index < -0.39 is 10.0 Å². The molecule has 0 spiro atoms. The lowest BCUT2D eigenvalue weighted by Gasteiger charge is -2.13. The number of ether oxygens (including phenoxy) is 2. The Labute approximate surface area is 181 Å². The van der Waals surface area contributed by atoms with Crippen LogP contribution in [0.1, 0.15) is 28.8 Å². The first kappa shape index (κ1) is 22.6. The summed E-state index contributed by atoms with van der Waals surface area (Å²) in [6.07, 6.45) is 2.17. The molecule has 162 valence electrons. The van der Waals surface area contributed by atoms with Crippen LogP contribution in [0.15, 0.2) is 47.4 Å². The Hall–Kier alpha value is -2.13. The summed E-state index contributed by atoms with van der Waals surface area (Å²) in [5, 5.41) is 2.86. The van der Waals surface area contributed by atoms with Gasteiger partial charge < -0.3 is 14.8 Å². The highest BCUT2D eigenvalue weighted by Gasteiger charge is 2.23. The lowest BCUT2D eigenvalue weighted by atomic mass is 10.1. The Bertz CT molecular complexity index is 991. The van der Waals surface area contributed by atoms with Gasteiger partial charge in [0.15, 0.2) is 0 Å². The van der Waals surface area contributed by atoms with Crippen molar-refractivity contribution in [2.24, 2.45) is 0 Å². The molecule has 1 fully saturated rings. The van der Waals surface area contributed by atoms with E-state index in [-0.39, 0.29) is 34.0 Å². The summed E-state index contributed by atoms with van der Waals surface area (Å²) < 4.78 is 38.6. The molecule has 0 aromatic heterocycles. The van der Waals surface area contributed by atoms with Gasteiger partial charge in [0, 0.05) is 25.3 Å². The molecule has 1 atom stereocenters. The van der Waals surface area contributed by atoms with E-state index in [1.165, 1.54) is 18.2 Å². The Morgan fingerprint density at radius 3 is 2.80 bits per heavy atom. The fourth-order valence-electron chi connectivity index (χ4n) is 3.26. The zero-order valence-electron chi connectivity index (χ0n) is 16.7. The van der Waals surface area contributed by atoms with Gasteiger partial charge in [0.25, 0.3) is 5.91 Å². The number of benzene rings is 2. The molecule has 0 aliphatic carbocycles. The fraction of sp³-hybridized carbons (Fsp3) is 0.381. The third-order valence-corrected chi connectivity index (χ3v) is 6.79. The molecule has 2 aromatic rings. The highest BCUT2D eigenvalue weighted by Crippen LogP contribution is 2.23. The molecule has 0 radical (unpaired) electrons. The number of carbonyl (C=O) groups is 1. The molecule has 0 bridgehead atoms. The number of hydrogen-bond acceptors (Lipinski definition) is 5. The summed E-state index contributed by atoms with van der Waals surface area (Å²) in [6.45, 7) is 1.19. The number of sulfonamides is 1. The lowest BCUT2D eigenvalue weighted by Crippen LogP contribution is -2.32. The summed E-state index contributed by atoms with van der Waals surface area (Å²) in [6, 6.07) is 11.8. The van der Waals surface area contributed by atoms with E-state index >= 15 is 0 Å². The number of carbonyl (C=O) groups excluding carboxylic acids is 1. The van der Waals surface area contributed by atoms with Crippen LogP contribution in [0.3, 0.4) is 0 Å². The Morgan fingerprint density at radius 2 is 2.07 bits per heavy atom. The standard InChI is InChI=1S/C21H25ClN2O5S/c1-28-19-7-3-2-5-15(19)10-11-23-21(25)16-8-9-18(22)20(13-16)30(26,27)24-14-17-6-4-12-29-17/h2-3,5,7-9,13,17,24H,4,6,10-12,14H2,1H3,(H,23,25). The summed E-state index contributed by atoms with van der Waals surface area (Å²) in [5.41, 5.74) is 1.19. The van der Waals surface area contributed by atoms with Crippen molar-refractivity contribution in [3.63, 3.8) is 0 Å². The maximum absolute atomic E-state index is 12.7. The number of para-hydroxylation sites is 1. The molecule has 2 N–H and O–H groups in total. The molecule has 2 aromatic carbocycles. The van der Waals surface area contributed by atoms with Gasteiger partial charge in [-0.2, -0.15) is 0 Å². The molecule has 0 saturated carbocycles. The van der Waals surface area contributed by atoms with Crippen LogP contribution in [0.4, 0.5) is 0 Å². The van der Waals surface area contributed by atoms with Crippen LogP contribution in [0.5, 0.6) is 5.75 Å². The number of amides is 1.